The summed E-state index contributed by atoms with van der Waals surface area (Å²) in [6, 6.07) is 0.479. The van der Waals surface area contributed by atoms with Gasteiger partial charge in [-0.2, -0.15) is 0 Å². The fourth-order valence-electron chi connectivity index (χ4n) is 2.23. The molecule has 4 atom stereocenters. The van der Waals surface area contributed by atoms with E-state index in [1.165, 1.54) is 12.8 Å². The number of likely N-dealkylation sites (tertiary alicyclic amines) is 1. The van der Waals surface area contributed by atoms with Crippen LogP contribution in [0, 0.1) is 5.92 Å². The van der Waals surface area contributed by atoms with Crippen molar-refractivity contribution in [2.24, 2.45) is 5.92 Å². The van der Waals surface area contributed by atoms with Gasteiger partial charge in [0.15, 0.2) is 0 Å². The lowest BCUT2D eigenvalue weighted by Crippen LogP contribution is -2.45. The minimum atomic E-state index is -0.452. The zero-order valence-electron chi connectivity index (χ0n) is 9.73. The number of ether oxygens (including phenoxy) is 1. The molecular formula is C11H23NO2. The van der Waals surface area contributed by atoms with Gasteiger partial charge in [0, 0.05) is 19.7 Å². The van der Waals surface area contributed by atoms with Gasteiger partial charge in [-0.1, -0.05) is 13.3 Å². The molecule has 0 aromatic rings. The van der Waals surface area contributed by atoms with Crippen LogP contribution >= 0.6 is 0 Å². The van der Waals surface area contributed by atoms with Crippen LogP contribution in [0.15, 0.2) is 0 Å². The molecule has 3 nitrogen and oxygen atoms in total. The maximum Gasteiger partial charge on any atom is 0.133 e. The van der Waals surface area contributed by atoms with Gasteiger partial charge in [0.1, 0.15) is 6.23 Å². The highest BCUT2D eigenvalue weighted by atomic mass is 16.5. The average molecular weight is 201 g/mol. The van der Waals surface area contributed by atoms with E-state index in [0.29, 0.717) is 6.04 Å². The van der Waals surface area contributed by atoms with Crippen molar-refractivity contribution in [2.45, 2.75) is 52.0 Å². The van der Waals surface area contributed by atoms with Crippen LogP contribution < -0.4 is 0 Å². The van der Waals surface area contributed by atoms with Crippen LogP contribution in [-0.4, -0.2) is 42.0 Å². The average Bonchev–Trinajstić information content (AvgIpc) is 2.57. The highest BCUT2D eigenvalue weighted by molar-refractivity contribution is 4.84. The van der Waals surface area contributed by atoms with Gasteiger partial charge in [-0.15, -0.1) is 0 Å². The van der Waals surface area contributed by atoms with Crippen LogP contribution in [-0.2, 0) is 4.74 Å². The van der Waals surface area contributed by atoms with E-state index in [0.717, 1.165) is 12.5 Å². The molecule has 0 saturated carbocycles. The molecule has 0 spiro atoms. The van der Waals surface area contributed by atoms with E-state index in [1.807, 2.05) is 6.92 Å². The summed E-state index contributed by atoms with van der Waals surface area (Å²) in [6.45, 7) is 7.32. The molecule has 1 rings (SSSR count). The highest BCUT2D eigenvalue weighted by Crippen LogP contribution is 2.27. The van der Waals surface area contributed by atoms with Crippen LogP contribution in [0.4, 0.5) is 0 Å². The first-order valence-electron chi connectivity index (χ1n) is 5.56. The Balaban J connectivity index is 2.51. The van der Waals surface area contributed by atoms with Crippen molar-refractivity contribution in [3.63, 3.8) is 0 Å². The van der Waals surface area contributed by atoms with Gasteiger partial charge in [-0.3, -0.25) is 4.90 Å². The van der Waals surface area contributed by atoms with E-state index in [-0.39, 0.29) is 6.10 Å². The Labute approximate surface area is 87.1 Å². The Morgan fingerprint density at radius 2 is 2.21 bits per heavy atom. The van der Waals surface area contributed by atoms with Gasteiger partial charge in [0.2, 0.25) is 0 Å². The molecule has 1 heterocycles. The van der Waals surface area contributed by atoms with Gasteiger partial charge in [0.05, 0.1) is 6.10 Å². The Hall–Kier alpha value is -0.120. The summed E-state index contributed by atoms with van der Waals surface area (Å²) in [5.41, 5.74) is 0. The van der Waals surface area contributed by atoms with Crippen molar-refractivity contribution in [2.75, 3.05) is 13.7 Å². The molecule has 3 heteroatoms. The molecular weight excluding hydrogens is 178 g/mol. The Kier molecular flexibility index (Phi) is 4.35. The molecule has 1 saturated heterocycles. The van der Waals surface area contributed by atoms with Gasteiger partial charge in [0.25, 0.3) is 0 Å². The molecule has 0 aromatic heterocycles. The first kappa shape index (κ1) is 12.0. The molecule has 14 heavy (non-hydrogen) atoms. The lowest BCUT2D eigenvalue weighted by molar-refractivity contribution is -0.0944. The lowest BCUT2D eigenvalue weighted by Gasteiger charge is -2.30. The summed E-state index contributed by atoms with van der Waals surface area (Å²) < 4.78 is 5.15. The smallest absolute Gasteiger partial charge is 0.133 e. The summed E-state index contributed by atoms with van der Waals surface area (Å²) in [5, 5.41) is 10.0. The maximum absolute atomic E-state index is 10.0. The maximum atomic E-state index is 10.0. The number of aliphatic hydroxyl groups excluding tert-OH is 1. The van der Waals surface area contributed by atoms with E-state index < -0.39 is 6.23 Å². The lowest BCUT2D eigenvalue weighted by atomic mass is 10.0. The molecule has 1 aliphatic heterocycles. The first-order chi connectivity index (χ1) is 6.60. The number of hydrogen-bond donors (Lipinski definition) is 1. The predicted octanol–water partition coefficient (Wildman–Crippen LogP) is 1.46. The van der Waals surface area contributed by atoms with Crippen LogP contribution in [0.25, 0.3) is 0 Å². The Morgan fingerprint density at radius 3 is 2.64 bits per heavy atom. The first-order valence-corrected chi connectivity index (χ1v) is 5.56. The van der Waals surface area contributed by atoms with Crippen molar-refractivity contribution in [3.05, 3.63) is 0 Å². The minimum Gasteiger partial charge on any atom is -0.378 e. The van der Waals surface area contributed by atoms with Crippen LogP contribution in [0.5, 0.6) is 0 Å². The van der Waals surface area contributed by atoms with E-state index in [4.69, 9.17) is 4.74 Å². The second kappa shape index (κ2) is 5.10. The molecule has 0 amide bonds. The summed E-state index contributed by atoms with van der Waals surface area (Å²) in [7, 11) is 1.64. The Bertz CT molecular complexity index is 175. The van der Waals surface area contributed by atoms with Gasteiger partial charge >= 0.3 is 0 Å². The number of methoxy groups -OCH3 is 1. The normalized spacial score (nSPS) is 33.2. The topological polar surface area (TPSA) is 32.7 Å². The second-order valence-electron chi connectivity index (χ2n) is 4.41. The van der Waals surface area contributed by atoms with E-state index in [2.05, 4.69) is 18.7 Å². The van der Waals surface area contributed by atoms with Gasteiger partial charge in [-0.05, 0) is 26.2 Å². The van der Waals surface area contributed by atoms with Crippen molar-refractivity contribution in [3.8, 4) is 0 Å². The molecule has 1 fully saturated rings. The van der Waals surface area contributed by atoms with Crippen LogP contribution in [0.1, 0.15) is 33.6 Å². The zero-order valence-corrected chi connectivity index (χ0v) is 9.73. The zero-order chi connectivity index (χ0) is 10.7. The van der Waals surface area contributed by atoms with Crippen LogP contribution in [0.2, 0.25) is 0 Å². The standard InChI is InChI=1S/C11H23NO2/c1-5-10-6-8(2)12(7-10)11(13)9(3)14-4/h8-11,13H,5-7H2,1-4H3. The van der Waals surface area contributed by atoms with Gasteiger partial charge < -0.3 is 9.84 Å². The predicted molar refractivity (Wildman–Crippen MR) is 57.0 cm³/mol. The molecule has 0 aromatic carbocycles. The minimum absolute atomic E-state index is 0.104. The molecule has 4 unspecified atom stereocenters. The highest BCUT2D eigenvalue weighted by Gasteiger charge is 2.34. The van der Waals surface area contributed by atoms with Crippen molar-refractivity contribution in [1.82, 2.24) is 4.90 Å². The fourth-order valence-corrected chi connectivity index (χ4v) is 2.23. The fraction of sp³-hybridized carbons (Fsp3) is 1.00. The van der Waals surface area contributed by atoms with Crippen molar-refractivity contribution < 1.29 is 9.84 Å². The largest absolute Gasteiger partial charge is 0.378 e. The summed E-state index contributed by atoms with van der Waals surface area (Å²) in [4.78, 5) is 2.16. The molecule has 1 aliphatic rings. The molecule has 0 radical (unpaired) electrons. The molecule has 1 N–H and O–H groups in total. The third kappa shape index (κ3) is 2.47. The SMILES string of the molecule is CCC1CC(C)N(C(O)C(C)OC)C1. The number of nitrogens with zero attached hydrogens (tertiary/aromatic N) is 1. The van der Waals surface area contributed by atoms with E-state index >= 15 is 0 Å². The van der Waals surface area contributed by atoms with E-state index in [9.17, 15) is 5.11 Å². The summed E-state index contributed by atoms with van der Waals surface area (Å²) in [5.74, 6) is 0.740. The van der Waals surface area contributed by atoms with E-state index in [1.54, 1.807) is 7.11 Å². The van der Waals surface area contributed by atoms with Gasteiger partial charge in [-0.25, -0.2) is 0 Å². The quantitative estimate of drug-likeness (QED) is 0.747. The molecule has 84 valence electrons. The summed E-state index contributed by atoms with van der Waals surface area (Å²) in [6.07, 6.45) is 1.85. The third-order valence-electron chi connectivity index (χ3n) is 3.42. The van der Waals surface area contributed by atoms with Crippen molar-refractivity contribution >= 4 is 0 Å². The van der Waals surface area contributed by atoms with Crippen molar-refractivity contribution in [1.29, 1.82) is 0 Å². The molecule has 0 bridgehead atoms. The number of hydrogen-bond acceptors (Lipinski definition) is 3. The number of aliphatic hydroxyl groups is 1. The van der Waals surface area contributed by atoms with Crippen LogP contribution in [0.3, 0.4) is 0 Å². The Morgan fingerprint density at radius 1 is 1.57 bits per heavy atom. The second-order valence-corrected chi connectivity index (χ2v) is 4.41. The third-order valence-corrected chi connectivity index (χ3v) is 3.42. The monoisotopic (exact) mass is 201 g/mol. The number of rotatable bonds is 4. The molecule has 0 aliphatic carbocycles. The summed E-state index contributed by atoms with van der Waals surface area (Å²) >= 11 is 0.